The second-order valence-corrected chi connectivity index (χ2v) is 17.1. The lowest BCUT2D eigenvalue weighted by Gasteiger charge is -2.43. The Morgan fingerprint density at radius 2 is 1.07 bits per heavy atom. The highest BCUT2D eigenvalue weighted by atomic mass is 32.1. The van der Waals surface area contributed by atoms with E-state index in [0.717, 1.165) is 30.7 Å². The van der Waals surface area contributed by atoms with Gasteiger partial charge in [0.25, 0.3) is 0 Å². The Kier molecular flexibility index (Phi) is 15.2. The van der Waals surface area contributed by atoms with E-state index >= 15 is 0 Å². The number of nitrogens with two attached hydrogens (primary N) is 1. The highest BCUT2D eigenvalue weighted by Gasteiger charge is 2.49. The van der Waals surface area contributed by atoms with Crippen molar-refractivity contribution in [3.05, 3.63) is 0 Å². The van der Waals surface area contributed by atoms with Gasteiger partial charge in [-0.3, -0.25) is 0 Å². The van der Waals surface area contributed by atoms with Gasteiger partial charge in [0.1, 0.15) is 0 Å². The molecule has 0 unspecified atom stereocenters. The van der Waals surface area contributed by atoms with Crippen LogP contribution in [-0.2, 0) is 22.1 Å². The van der Waals surface area contributed by atoms with Crippen LogP contribution in [0.2, 0.25) is 18.6 Å². The molecule has 0 heterocycles. The average Bonchev–Trinajstić information content (AvgIpc) is 2.53. The Morgan fingerprint density at radius 3 is 1.30 bits per heavy atom. The van der Waals surface area contributed by atoms with E-state index in [9.17, 15) is 0 Å². The maximum absolute atomic E-state index is 6.32. The Hall–Kier alpha value is 0.544. The van der Waals surface area contributed by atoms with Crippen LogP contribution >= 0.6 is 12.6 Å². The molecule has 2 N–H and O–H groups in total. The summed E-state index contributed by atoms with van der Waals surface area (Å²) in [5.74, 6) is 0.912. The monoisotopic (exact) mass is 485 g/mol. The van der Waals surface area contributed by atoms with Gasteiger partial charge in [-0.15, -0.1) is 0 Å². The number of hydrogen-bond donors (Lipinski definition) is 2. The van der Waals surface area contributed by atoms with E-state index in [1.165, 1.54) is 0 Å². The summed E-state index contributed by atoms with van der Waals surface area (Å²) in [5.41, 5.74) is 4.76. The average molecular weight is 486 g/mol. The van der Waals surface area contributed by atoms with Crippen molar-refractivity contribution in [2.24, 2.45) is 5.73 Å². The number of rotatable bonds is 11. The maximum atomic E-state index is 6.32. The van der Waals surface area contributed by atoms with Crippen molar-refractivity contribution in [3.63, 3.8) is 0 Å². The van der Waals surface area contributed by atoms with Gasteiger partial charge in [0.15, 0.2) is 0 Å². The molecule has 0 bridgehead atoms. The van der Waals surface area contributed by atoms with Crippen LogP contribution in [0.1, 0.15) is 75.2 Å². The second kappa shape index (κ2) is 13.9. The lowest BCUT2D eigenvalue weighted by atomic mass is 10.2. The number of thiol groups is 1. The van der Waals surface area contributed by atoms with Crippen molar-refractivity contribution in [1.82, 2.24) is 0 Å². The first-order valence-corrected chi connectivity index (χ1v) is 16.0. The molecule has 0 aromatic heterocycles. The van der Waals surface area contributed by atoms with Gasteiger partial charge in [0, 0.05) is 20.3 Å². The van der Waals surface area contributed by atoms with Crippen molar-refractivity contribution in [2.45, 2.75) is 111 Å². The van der Waals surface area contributed by atoms with Crippen LogP contribution in [0.5, 0.6) is 0 Å². The molecule has 0 saturated heterocycles. The van der Waals surface area contributed by atoms with Gasteiger partial charge in [-0.25, -0.2) is 0 Å². The minimum absolute atomic E-state index is 0.308. The Bertz CT molecular complexity index is 403. The smallest absolute Gasteiger partial charge is 0.398 e. The minimum atomic E-state index is -2.80. The highest BCUT2D eigenvalue weighted by molar-refractivity contribution is 7.80. The van der Waals surface area contributed by atoms with Gasteiger partial charge >= 0.3 is 17.4 Å². The minimum Gasteiger partial charge on any atom is -0.398 e. The zero-order valence-electron chi connectivity index (χ0n) is 21.8. The Morgan fingerprint density at radius 1 is 0.700 bits per heavy atom. The summed E-state index contributed by atoms with van der Waals surface area (Å²) in [6.07, 6.45) is 1.92. The van der Waals surface area contributed by atoms with Crippen molar-refractivity contribution >= 4 is 30.0 Å². The van der Waals surface area contributed by atoms with Crippen LogP contribution in [0.15, 0.2) is 0 Å². The molecule has 0 saturated carbocycles. The summed E-state index contributed by atoms with van der Waals surface area (Å²) in [5, 5.41) is 0. The third kappa shape index (κ3) is 18.1. The molecule has 0 aliphatic carbocycles. The third-order valence-electron chi connectivity index (χ3n) is 3.72. The molecular formula is C21H51NO5SSi2. The number of hydrogen-bond acceptors (Lipinski definition) is 7. The molecular weight excluding hydrogens is 434 g/mol. The van der Waals surface area contributed by atoms with Gasteiger partial charge in [-0.05, 0) is 100 Å². The summed E-state index contributed by atoms with van der Waals surface area (Å²) in [7, 11) is -1.14. The van der Waals surface area contributed by atoms with Crippen molar-refractivity contribution < 1.29 is 22.1 Å². The zero-order chi connectivity index (χ0) is 24.3. The van der Waals surface area contributed by atoms with Crippen LogP contribution in [0.25, 0.3) is 0 Å². The molecule has 0 aromatic rings. The van der Waals surface area contributed by atoms with E-state index < -0.39 is 17.4 Å². The van der Waals surface area contributed by atoms with E-state index in [1.807, 2.05) is 62.3 Å². The largest absolute Gasteiger partial charge is 0.502 e. The molecule has 0 atom stereocenters. The lowest BCUT2D eigenvalue weighted by Crippen LogP contribution is -2.57. The van der Waals surface area contributed by atoms with Crippen molar-refractivity contribution in [2.75, 3.05) is 26.5 Å². The predicted octanol–water partition coefficient (Wildman–Crippen LogP) is 5.39. The molecule has 0 amide bonds. The molecule has 30 heavy (non-hydrogen) atoms. The molecule has 0 aromatic carbocycles. The quantitative estimate of drug-likeness (QED) is 0.302. The van der Waals surface area contributed by atoms with Gasteiger partial charge in [-0.1, -0.05) is 0 Å². The summed E-state index contributed by atoms with van der Waals surface area (Å²) in [4.78, 5) is 0. The lowest BCUT2D eigenvalue weighted by molar-refractivity contribution is -0.0753. The summed E-state index contributed by atoms with van der Waals surface area (Å²) >= 11 is 4.12. The van der Waals surface area contributed by atoms with Crippen LogP contribution in [0.3, 0.4) is 0 Å². The van der Waals surface area contributed by atoms with Gasteiger partial charge in [0.2, 0.25) is 0 Å². The van der Waals surface area contributed by atoms with E-state index in [-0.39, 0.29) is 16.8 Å². The van der Waals surface area contributed by atoms with Crippen molar-refractivity contribution in [3.8, 4) is 0 Å². The normalized spacial score (nSPS) is 13.8. The predicted molar refractivity (Wildman–Crippen MR) is 136 cm³/mol. The molecule has 0 aliphatic heterocycles. The molecule has 0 aliphatic rings. The summed E-state index contributed by atoms with van der Waals surface area (Å²) in [6, 6.07) is 1.78. The molecule has 0 rings (SSSR count). The first kappa shape index (κ1) is 32.7. The summed E-state index contributed by atoms with van der Waals surface area (Å²) in [6.45, 7) is 21.0. The van der Waals surface area contributed by atoms with Crippen LogP contribution in [0, 0.1) is 0 Å². The fourth-order valence-electron chi connectivity index (χ4n) is 2.62. The zero-order valence-corrected chi connectivity index (χ0v) is 24.7. The Labute approximate surface area is 194 Å². The second-order valence-electron chi connectivity index (χ2n) is 10.6. The molecule has 184 valence electrons. The first-order valence-electron chi connectivity index (χ1n) is 10.9. The van der Waals surface area contributed by atoms with Gasteiger partial charge in [-0.2, -0.15) is 12.6 Å². The molecule has 9 heteroatoms. The molecule has 0 spiro atoms. The van der Waals surface area contributed by atoms with Crippen molar-refractivity contribution in [1.29, 1.82) is 0 Å². The molecule has 0 radical (unpaired) electrons. The summed E-state index contributed by atoms with van der Waals surface area (Å²) < 4.78 is 29.5. The SMILES string of the molecule is CC(C)(C)O[Si](CCCN)(OC(C)(C)C)OC(C)(C)C.CO[Si](C)(CCCS)OC. The molecule has 6 nitrogen and oxygen atoms in total. The van der Waals surface area contributed by atoms with Gasteiger partial charge < -0.3 is 27.9 Å². The highest BCUT2D eigenvalue weighted by Crippen LogP contribution is 2.32. The van der Waals surface area contributed by atoms with E-state index in [4.69, 9.17) is 27.9 Å². The van der Waals surface area contributed by atoms with Crippen LogP contribution < -0.4 is 5.73 Å². The van der Waals surface area contributed by atoms with E-state index in [0.29, 0.717) is 6.54 Å². The van der Waals surface area contributed by atoms with E-state index in [2.05, 4.69) is 19.2 Å². The third-order valence-corrected chi connectivity index (χ3v) is 10.8. The molecule has 0 fully saturated rings. The maximum Gasteiger partial charge on any atom is 0.502 e. The van der Waals surface area contributed by atoms with Gasteiger partial charge in [0.05, 0.1) is 16.8 Å². The fourth-order valence-corrected chi connectivity index (χ4v) is 8.34. The van der Waals surface area contributed by atoms with Crippen LogP contribution in [0.4, 0.5) is 0 Å². The Balaban J connectivity index is 0. The first-order chi connectivity index (χ1) is 13.4. The van der Waals surface area contributed by atoms with E-state index in [1.54, 1.807) is 14.2 Å². The standard InChI is InChI=1S/C15H35NO3Si.C6H16O2SSi/c1-13(2,3)17-20(12-10-11-16,18-14(4,5)6)19-15(7,8)9;1-7-10(3,8-2)6-4-5-9/h10-12,16H2,1-9H3;9H,4-6H2,1-3H3. The topological polar surface area (TPSA) is 72.2 Å². The van der Waals surface area contributed by atoms with Crippen LogP contribution in [-0.4, -0.2) is 60.7 Å². The fraction of sp³-hybridized carbons (Fsp3) is 1.00.